The van der Waals surface area contributed by atoms with Crippen LogP contribution in [0.2, 0.25) is 0 Å². The summed E-state index contributed by atoms with van der Waals surface area (Å²) in [5, 5.41) is 2.86. The van der Waals surface area contributed by atoms with Gasteiger partial charge in [-0.2, -0.15) is 0 Å². The fourth-order valence-corrected chi connectivity index (χ4v) is 1.50. The molecule has 0 aliphatic heterocycles. The Balaban J connectivity index is 2.26. The second-order valence-electron chi connectivity index (χ2n) is 5.03. The average Bonchev–Trinajstić information content (AvgIpc) is 2.45. The van der Waals surface area contributed by atoms with Gasteiger partial charge in [0.2, 0.25) is 0 Å². The van der Waals surface area contributed by atoms with E-state index in [0.29, 0.717) is 25.6 Å². The van der Waals surface area contributed by atoms with E-state index in [-0.39, 0.29) is 6.03 Å². The predicted octanol–water partition coefficient (Wildman–Crippen LogP) is 2.37. The number of carbonyl (C=O) groups excluding carboxylic acids is 1. The molecule has 2 amide bonds. The van der Waals surface area contributed by atoms with Crippen LogP contribution in [0.15, 0.2) is 24.3 Å². The summed E-state index contributed by atoms with van der Waals surface area (Å²) in [6.45, 7) is 5.80. The van der Waals surface area contributed by atoms with Crippen LogP contribution >= 0.6 is 0 Å². The summed E-state index contributed by atoms with van der Waals surface area (Å²) in [5.41, 5.74) is 0. The van der Waals surface area contributed by atoms with Crippen LogP contribution in [0.3, 0.4) is 0 Å². The van der Waals surface area contributed by atoms with E-state index in [9.17, 15) is 4.79 Å². The second-order valence-corrected chi connectivity index (χ2v) is 5.03. The Bertz CT molecular complexity index is 404. The Morgan fingerprint density at radius 3 is 2.40 bits per heavy atom. The molecule has 0 bridgehead atoms. The number of nitrogens with zero attached hydrogens (tertiary/aromatic N) is 1. The number of hydrogen-bond acceptors (Lipinski definition) is 3. The molecule has 1 aromatic rings. The smallest absolute Gasteiger partial charge is 0.317 e. The van der Waals surface area contributed by atoms with Gasteiger partial charge in [-0.3, -0.25) is 0 Å². The first-order chi connectivity index (χ1) is 9.52. The quantitative estimate of drug-likeness (QED) is 0.834. The summed E-state index contributed by atoms with van der Waals surface area (Å²) in [5.74, 6) is 2.01. The molecule has 0 saturated heterocycles. The molecule has 5 nitrogen and oxygen atoms in total. The van der Waals surface area contributed by atoms with Crippen LogP contribution in [-0.4, -0.2) is 44.8 Å². The summed E-state index contributed by atoms with van der Waals surface area (Å²) >= 11 is 0. The van der Waals surface area contributed by atoms with Crippen LogP contribution in [0.5, 0.6) is 11.5 Å². The molecule has 0 radical (unpaired) electrons. The Morgan fingerprint density at radius 1 is 1.25 bits per heavy atom. The monoisotopic (exact) mass is 280 g/mol. The first-order valence-corrected chi connectivity index (χ1v) is 6.78. The van der Waals surface area contributed by atoms with Crippen molar-refractivity contribution >= 4 is 6.03 Å². The van der Waals surface area contributed by atoms with Crippen molar-refractivity contribution in [3.05, 3.63) is 24.3 Å². The van der Waals surface area contributed by atoms with Crippen LogP contribution in [-0.2, 0) is 0 Å². The summed E-state index contributed by atoms with van der Waals surface area (Å²) in [6, 6.07) is 7.30. The number of carbonyl (C=O) groups is 1. The Labute approximate surface area is 120 Å². The predicted molar refractivity (Wildman–Crippen MR) is 79.4 cm³/mol. The van der Waals surface area contributed by atoms with E-state index in [1.807, 2.05) is 24.3 Å². The highest BCUT2D eigenvalue weighted by Crippen LogP contribution is 2.16. The molecule has 0 aliphatic rings. The topological polar surface area (TPSA) is 50.8 Å². The first kappa shape index (κ1) is 16.1. The minimum absolute atomic E-state index is 0.0722. The van der Waals surface area contributed by atoms with Crippen LogP contribution in [0.4, 0.5) is 4.79 Å². The van der Waals surface area contributed by atoms with Gasteiger partial charge in [-0.05, 0) is 30.2 Å². The number of rotatable bonds is 7. The van der Waals surface area contributed by atoms with E-state index in [2.05, 4.69) is 19.2 Å². The standard InChI is InChI=1S/C15H24N2O3/c1-12(2)11-16-15(18)17(3)9-10-20-14-7-5-13(19-4)6-8-14/h5-8,12H,9-11H2,1-4H3,(H,16,18). The number of urea groups is 1. The average molecular weight is 280 g/mol. The zero-order chi connectivity index (χ0) is 15.0. The summed E-state index contributed by atoms with van der Waals surface area (Å²) in [7, 11) is 3.38. The third kappa shape index (κ3) is 5.82. The van der Waals surface area contributed by atoms with Crippen molar-refractivity contribution in [2.75, 3.05) is 33.9 Å². The number of hydrogen-bond donors (Lipinski definition) is 1. The van der Waals surface area contributed by atoms with Gasteiger partial charge in [0.15, 0.2) is 0 Å². The Hall–Kier alpha value is -1.91. The lowest BCUT2D eigenvalue weighted by Crippen LogP contribution is -2.40. The molecule has 0 aliphatic carbocycles. The highest BCUT2D eigenvalue weighted by atomic mass is 16.5. The Kier molecular flexibility index (Phi) is 6.70. The molecule has 1 aromatic carbocycles. The van der Waals surface area contributed by atoms with Gasteiger partial charge in [-0.15, -0.1) is 0 Å². The Morgan fingerprint density at radius 2 is 1.85 bits per heavy atom. The van der Waals surface area contributed by atoms with E-state index in [1.54, 1.807) is 19.1 Å². The molecule has 1 rings (SSSR count). The van der Waals surface area contributed by atoms with Crippen molar-refractivity contribution in [2.24, 2.45) is 5.92 Å². The summed E-state index contributed by atoms with van der Waals surface area (Å²) < 4.78 is 10.6. The molecule has 112 valence electrons. The third-order valence-electron chi connectivity index (χ3n) is 2.76. The number of amides is 2. The fraction of sp³-hybridized carbons (Fsp3) is 0.533. The first-order valence-electron chi connectivity index (χ1n) is 6.78. The van der Waals surface area contributed by atoms with E-state index in [4.69, 9.17) is 9.47 Å². The SMILES string of the molecule is COc1ccc(OCCN(C)C(=O)NCC(C)C)cc1. The highest BCUT2D eigenvalue weighted by molar-refractivity contribution is 5.73. The minimum atomic E-state index is -0.0722. The molecular weight excluding hydrogens is 256 g/mol. The molecule has 0 heterocycles. The zero-order valence-corrected chi connectivity index (χ0v) is 12.7. The van der Waals surface area contributed by atoms with Gasteiger partial charge in [-0.1, -0.05) is 13.8 Å². The van der Waals surface area contributed by atoms with Crippen LogP contribution in [0, 0.1) is 5.92 Å². The van der Waals surface area contributed by atoms with E-state index in [0.717, 1.165) is 11.5 Å². The lowest BCUT2D eigenvalue weighted by atomic mass is 10.2. The molecule has 0 aromatic heterocycles. The maximum atomic E-state index is 11.7. The molecule has 1 N–H and O–H groups in total. The molecule has 0 saturated carbocycles. The molecule has 0 spiro atoms. The largest absolute Gasteiger partial charge is 0.497 e. The number of benzene rings is 1. The van der Waals surface area contributed by atoms with Crippen molar-refractivity contribution in [3.63, 3.8) is 0 Å². The fourth-order valence-electron chi connectivity index (χ4n) is 1.50. The van der Waals surface area contributed by atoms with E-state index >= 15 is 0 Å². The van der Waals surface area contributed by atoms with Crippen LogP contribution in [0.25, 0.3) is 0 Å². The number of likely N-dealkylation sites (N-methyl/N-ethyl adjacent to an activating group) is 1. The lowest BCUT2D eigenvalue weighted by Gasteiger charge is -2.19. The summed E-state index contributed by atoms with van der Waals surface area (Å²) in [4.78, 5) is 13.3. The van der Waals surface area contributed by atoms with Gasteiger partial charge in [0.1, 0.15) is 18.1 Å². The normalized spacial score (nSPS) is 10.2. The lowest BCUT2D eigenvalue weighted by molar-refractivity contribution is 0.194. The van der Waals surface area contributed by atoms with E-state index in [1.165, 1.54) is 0 Å². The highest BCUT2D eigenvalue weighted by Gasteiger charge is 2.08. The summed E-state index contributed by atoms with van der Waals surface area (Å²) in [6.07, 6.45) is 0. The number of nitrogens with one attached hydrogen (secondary N) is 1. The van der Waals surface area contributed by atoms with Crippen molar-refractivity contribution < 1.29 is 14.3 Å². The molecular formula is C15H24N2O3. The van der Waals surface area contributed by atoms with E-state index < -0.39 is 0 Å². The second kappa shape index (κ2) is 8.30. The van der Waals surface area contributed by atoms with Crippen LogP contribution < -0.4 is 14.8 Å². The molecule has 0 unspecified atom stereocenters. The van der Waals surface area contributed by atoms with Crippen molar-refractivity contribution in [2.45, 2.75) is 13.8 Å². The molecule has 5 heteroatoms. The van der Waals surface area contributed by atoms with Crippen molar-refractivity contribution in [3.8, 4) is 11.5 Å². The maximum absolute atomic E-state index is 11.7. The minimum Gasteiger partial charge on any atom is -0.497 e. The van der Waals surface area contributed by atoms with Gasteiger partial charge >= 0.3 is 6.03 Å². The van der Waals surface area contributed by atoms with Crippen molar-refractivity contribution in [1.29, 1.82) is 0 Å². The zero-order valence-electron chi connectivity index (χ0n) is 12.7. The molecule has 20 heavy (non-hydrogen) atoms. The maximum Gasteiger partial charge on any atom is 0.317 e. The van der Waals surface area contributed by atoms with Gasteiger partial charge in [0.05, 0.1) is 13.7 Å². The molecule has 0 fully saturated rings. The van der Waals surface area contributed by atoms with Gasteiger partial charge < -0.3 is 19.7 Å². The number of methoxy groups -OCH3 is 1. The molecule has 0 atom stereocenters. The van der Waals surface area contributed by atoms with Gasteiger partial charge in [0.25, 0.3) is 0 Å². The third-order valence-corrected chi connectivity index (χ3v) is 2.76. The number of ether oxygens (including phenoxy) is 2. The van der Waals surface area contributed by atoms with Crippen molar-refractivity contribution in [1.82, 2.24) is 10.2 Å². The van der Waals surface area contributed by atoms with Gasteiger partial charge in [0, 0.05) is 13.6 Å². The van der Waals surface area contributed by atoms with Gasteiger partial charge in [-0.25, -0.2) is 4.79 Å². The van der Waals surface area contributed by atoms with Crippen LogP contribution in [0.1, 0.15) is 13.8 Å².